The quantitative estimate of drug-likeness (QED) is 0.887. The highest BCUT2D eigenvalue weighted by Crippen LogP contribution is 2.27. The van der Waals surface area contributed by atoms with Crippen molar-refractivity contribution in [2.75, 3.05) is 7.05 Å². The van der Waals surface area contributed by atoms with E-state index in [0.717, 1.165) is 6.54 Å². The summed E-state index contributed by atoms with van der Waals surface area (Å²) in [5, 5.41) is 2.09. The third-order valence-corrected chi connectivity index (χ3v) is 3.76. The molecule has 0 amide bonds. The van der Waals surface area contributed by atoms with E-state index in [1.54, 1.807) is 23.9 Å². The molecule has 2 aromatic heterocycles. The second-order valence-corrected chi connectivity index (χ2v) is 5.35. The SMILES string of the molecule is CC(N)C(c1cccs1)N(C)Cc1ccoc1. The molecule has 0 saturated carbocycles. The zero-order valence-corrected chi connectivity index (χ0v) is 11.0. The zero-order valence-electron chi connectivity index (χ0n) is 10.2. The van der Waals surface area contributed by atoms with Crippen LogP contribution in [0.3, 0.4) is 0 Å². The van der Waals surface area contributed by atoms with Crippen LogP contribution in [0.2, 0.25) is 0 Å². The van der Waals surface area contributed by atoms with Crippen LogP contribution in [0.5, 0.6) is 0 Å². The highest BCUT2D eigenvalue weighted by molar-refractivity contribution is 7.10. The standard InChI is InChI=1S/C13H18N2OS/c1-10(14)13(12-4-3-7-17-12)15(2)8-11-5-6-16-9-11/h3-7,9-10,13H,8,14H2,1-2H3. The summed E-state index contributed by atoms with van der Waals surface area (Å²) in [6.07, 6.45) is 3.48. The smallest absolute Gasteiger partial charge is 0.0947 e. The van der Waals surface area contributed by atoms with Gasteiger partial charge in [-0.3, -0.25) is 4.90 Å². The average molecular weight is 250 g/mol. The minimum absolute atomic E-state index is 0.102. The first-order valence-electron chi connectivity index (χ1n) is 5.69. The van der Waals surface area contributed by atoms with Crippen molar-refractivity contribution >= 4 is 11.3 Å². The zero-order chi connectivity index (χ0) is 12.3. The molecule has 0 radical (unpaired) electrons. The molecule has 0 fully saturated rings. The number of likely N-dealkylation sites (N-methyl/N-ethyl adjacent to an activating group) is 1. The van der Waals surface area contributed by atoms with Gasteiger partial charge in [0.05, 0.1) is 18.6 Å². The Bertz CT molecular complexity index is 422. The van der Waals surface area contributed by atoms with Gasteiger partial charge < -0.3 is 10.2 Å². The first-order chi connectivity index (χ1) is 8.18. The molecule has 4 heteroatoms. The monoisotopic (exact) mass is 250 g/mol. The van der Waals surface area contributed by atoms with Crippen LogP contribution in [-0.4, -0.2) is 18.0 Å². The summed E-state index contributed by atoms with van der Waals surface area (Å²) in [5.41, 5.74) is 7.27. The number of hydrogen-bond donors (Lipinski definition) is 1. The molecule has 3 nitrogen and oxygen atoms in total. The van der Waals surface area contributed by atoms with Gasteiger partial charge in [-0.05, 0) is 31.5 Å². The van der Waals surface area contributed by atoms with Crippen LogP contribution in [0.25, 0.3) is 0 Å². The van der Waals surface area contributed by atoms with Crippen LogP contribution in [0.4, 0.5) is 0 Å². The minimum Gasteiger partial charge on any atom is -0.472 e. The van der Waals surface area contributed by atoms with Gasteiger partial charge in [0.25, 0.3) is 0 Å². The van der Waals surface area contributed by atoms with E-state index in [2.05, 4.69) is 36.4 Å². The van der Waals surface area contributed by atoms with Crippen LogP contribution in [0, 0.1) is 0 Å². The molecule has 0 aromatic carbocycles. The van der Waals surface area contributed by atoms with E-state index in [9.17, 15) is 0 Å². The van der Waals surface area contributed by atoms with Crippen LogP contribution in [0.1, 0.15) is 23.4 Å². The number of thiophene rings is 1. The maximum Gasteiger partial charge on any atom is 0.0947 e. The summed E-state index contributed by atoms with van der Waals surface area (Å²) >= 11 is 1.76. The number of rotatable bonds is 5. The molecule has 2 N–H and O–H groups in total. The number of nitrogens with two attached hydrogens (primary N) is 1. The summed E-state index contributed by atoms with van der Waals surface area (Å²) in [6, 6.07) is 6.56. The molecule has 92 valence electrons. The fraction of sp³-hybridized carbons (Fsp3) is 0.385. The van der Waals surface area contributed by atoms with Gasteiger partial charge in [-0.15, -0.1) is 11.3 Å². The van der Waals surface area contributed by atoms with Gasteiger partial charge in [-0.1, -0.05) is 6.07 Å². The van der Waals surface area contributed by atoms with Crippen molar-refractivity contribution in [3.05, 3.63) is 46.5 Å². The van der Waals surface area contributed by atoms with Crippen LogP contribution < -0.4 is 5.73 Å². The molecular weight excluding hydrogens is 232 g/mol. The minimum atomic E-state index is 0.102. The summed E-state index contributed by atoms with van der Waals surface area (Å²) in [5.74, 6) is 0. The van der Waals surface area contributed by atoms with Crippen LogP contribution in [-0.2, 0) is 6.54 Å². The van der Waals surface area contributed by atoms with Crippen molar-refractivity contribution in [2.24, 2.45) is 5.73 Å². The van der Waals surface area contributed by atoms with Gasteiger partial charge in [0.2, 0.25) is 0 Å². The Hall–Kier alpha value is -1.10. The molecule has 2 rings (SSSR count). The Labute approximate surface area is 106 Å². The lowest BCUT2D eigenvalue weighted by Gasteiger charge is -2.29. The van der Waals surface area contributed by atoms with Crippen molar-refractivity contribution in [2.45, 2.75) is 25.6 Å². The Morgan fingerprint density at radius 3 is 2.82 bits per heavy atom. The predicted octanol–water partition coefficient (Wildman–Crippen LogP) is 2.86. The number of furan rings is 1. The van der Waals surface area contributed by atoms with Gasteiger partial charge in [0.1, 0.15) is 0 Å². The highest BCUT2D eigenvalue weighted by Gasteiger charge is 2.22. The summed E-state index contributed by atoms with van der Waals surface area (Å²) in [4.78, 5) is 3.58. The second-order valence-electron chi connectivity index (χ2n) is 4.37. The van der Waals surface area contributed by atoms with E-state index in [1.807, 2.05) is 6.07 Å². The van der Waals surface area contributed by atoms with Gasteiger partial charge >= 0.3 is 0 Å². The van der Waals surface area contributed by atoms with Crippen molar-refractivity contribution in [1.29, 1.82) is 0 Å². The van der Waals surface area contributed by atoms with E-state index in [4.69, 9.17) is 10.2 Å². The molecule has 2 aromatic rings. The van der Waals surface area contributed by atoms with Gasteiger partial charge in [-0.25, -0.2) is 0 Å². The fourth-order valence-electron chi connectivity index (χ4n) is 2.11. The lowest BCUT2D eigenvalue weighted by Crippen LogP contribution is -2.36. The van der Waals surface area contributed by atoms with E-state index < -0.39 is 0 Å². The largest absolute Gasteiger partial charge is 0.472 e. The first-order valence-corrected chi connectivity index (χ1v) is 6.56. The Balaban J connectivity index is 2.11. The Kier molecular flexibility index (Phi) is 3.99. The van der Waals surface area contributed by atoms with Gasteiger partial charge in [0.15, 0.2) is 0 Å². The molecule has 0 aliphatic heterocycles. The third kappa shape index (κ3) is 2.97. The van der Waals surface area contributed by atoms with E-state index in [1.165, 1.54) is 10.4 Å². The number of nitrogens with zero attached hydrogens (tertiary/aromatic N) is 1. The molecule has 0 bridgehead atoms. The molecule has 17 heavy (non-hydrogen) atoms. The first kappa shape index (κ1) is 12.4. The maximum atomic E-state index is 6.10. The summed E-state index contributed by atoms with van der Waals surface area (Å²) < 4.78 is 5.09. The topological polar surface area (TPSA) is 42.4 Å². The highest BCUT2D eigenvalue weighted by atomic mass is 32.1. The van der Waals surface area contributed by atoms with Crippen LogP contribution >= 0.6 is 11.3 Å². The lowest BCUT2D eigenvalue weighted by atomic mass is 10.1. The normalized spacial score (nSPS) is 15.1. The molecular formula is C13H18N2OS. The molecule has 0 aliphatic rings. The second kappa shape index (κ2) is 5.49. The van der Waals surface area contributed by atoms with Gasteiger partial charge in [-0.2, -0.15) is 0 Å². The van der Waals surface area contributed by atoms with Crippen molar-refractivity contribution in [1.82, 2.24) is 4.90 Å². The molecule has 0 spiro atoms. The summed E-state index contributed by atoms with van der Waals surface area (Å²) in [7, 11) is 2.10. The predicted molar refractivity (Wildman–Crippen MR) is 70.9 cm³/mol. The lowest BCUT2D eigenvalue weighted by molar-refractivity contribution is 0.214. The maximum absolute atomic E-state index is 6.10. The number of hydrogen-bond acceptors (Lipinski definition) is 4. The molecule has 2 unspecified atom stereocenters. The average Bonchev–Trinajstić information content (AvgIpc) is 2.89. The Morgan fingerprint density at radius 1 is 1.47 bits per heavy atom. The van der Waals surface area contributed by atoms with E-state index in [0.29, 0.717) is 0 Å². The fourth-order valence-corrected chi connectivity index (χ4v) is 3.11. The molecule has 2 atom stereocenters. The molecule has 0 saturated heterocycles. The van der Waals surface area contributed by atoms with E-state index in [-0.39, 0.29) is 12.1 Å². The third-order valence-electron chi connectivity index (χ3n) is 2.82. The van der Waals surface area contributed by atoms with Crippen molar-refractivity contribution in [3.63, 3.8) is 0 Å². The summed E-state index contributed by atoms with van der Waals surface area (Å²) in [6.45, 7) is 2.90. The van der Waals surface area contributed by atoms with Gasteiger partial charge in [0, 0.05) is 23.0 Å². The van der Waals surface area contributed by atoms with Crippen molar-refractivity contribution < 1.29 is 4.42 Å². The molecule has 2 heterocycles. The molecule has 0 aliphatic carbocycles. The van der Waals surface area contributed by atoms with Crippen molar-refractivity contribution in [3.8, 4) is 0 Å². The van der Waals surface area contributed by atoms with E-state index >= 15 is 0 Å². The Morgan fingerprint density at radius 2 is 2.29 bits per heavy atom. The van der Waals surface area contributed by atoms with Crippen LogP contribution in [0.15, 0.2) is 40.5 Å².